The fraction of sp³-hybridized carbons (Fsp3) is 0.250. The molecule has 0 unspecified atom stereocenters. The lowest BCUT2D eigenvalue weighted by Crippen LogP contribution is -2.26. The van der Waals surface area contributed by atoms with E-state index in [4.69, 9.17) is 17.3 Å². The van der Waals surface area contributed by atoms with Crippen LogP contribution in [0.2, 0.25) is 0 Å². The van der Waals surface area contributed by atoms with Crippen LogP contribution in [0, 0.1) is 0 Å². The number of anilines is 2. The van der Waals surface area contributed by atoms with Crippen LogP contribution in [0.15, 0.2) is 57.3 Å². The van der Waals surface area contributed by atoms with Gasteiger partial charge in [-0.1, -0.05) is 23.8 Å². The molecule has 5 nitrogen and oxygen atoms in total. The Morgan fingerprint density at radius 2 is 2.05 bits per heavy atom. The standard InChI is InChI=1S/C16H20ClN5/c1-12(17)15(18)21-16(19-2)20-13-6-8-14(9-7-13)22-10-4-3-5-11-22/h3-4,6-9H,2,5,10-11,18H2,1H3,(H,20,21)/b15-12+. The summed E-state index contributed by atoms with van der Waals surface area (Å²) in [4.78, 5) is 10.2. The molecule has 1 aliphatic rings. The highest BCUT2D eigenvalue weighted by atomic mass is 35.5. The Morgan fingerprint density at radius 3 is 2.59 bits per heavy atom. The Labute approximate surface area is 135 Å². The van der Waals surface area contributed by atoms with Gasteiger partial charge >= 0.3 is 0 Å². The number of nitrogens with two attached hydrogens (primary N) is 1. The third-order valence-corrected chi connectivity index (χ3v) is 3.47. The van der Waals surface area contributed by atoms with Crippen molar-refractivity contribution in [2.24, 2.45) is 15.7 Å². The molecular formula is C16H20ClN5. The molecule has 3 N–H and O–H groups in total. The maximum absolute atomic E-state index is 5.79. The number of allylic oxidation sites excluding steroid dienone is 1. The zero-order valence-corrected chi connectivity index (χ0v) is 13.3. The van der Waals surface area contributed by atoms with Crippen LogP contribution in [0.25, 0.3) is 0 Å². The molecular weight excluding hydrogens is 298 g/mol. The van der Waals surface area contributed by atoms with Gasteiger partial charge in [0, 0.05) is 24.5 Å². The highest BCUT2D eigenvalue weighted by Gasteiger charge is 2.07. The molecule has 116 valence electrons. The quantitative estimate of drug-likeness (QED) is 0.510. The minimum Gasteiger partial charge on any atom is -0.383 e. The highest BCUT2D eigenvalue weighted by Crippen LogP contribution is 2.20. The van der Waals surface area contributed by atoms with Crippen LogP contribution in [0.5, 0.6) is 0 Å². The van der Waals surface area contributed by atoms with Crippen molar-refractivity contribution in [1.82, 2.24) is 0 Å². The van der Waals surface area contributed by atoms with Crippen molar-refractivity contribution in [2.75, 3.05) is 23.3 Å². The van der Waals surface area contributed by atoms with Gasteiger partial charge in [-0.2, -0.15) is 4.99 Å². The number of rotatable bonds is 3. The molecule has 0 saturated carbocycles. The van der Waals surface area contributed by atoms with E-state index < -0.39 is 0 Å². The second-order valence-electron chi connectivity index (χ2n) is 4.89. The van der Waals surface area contributed by atoms with Crippen LogP contribution in [-0.2, 0) is 0 Å². The zero-order valence-electron chi connectivity index (χ0n) is 12.6. The SMILES string of the molecule is C=NC(=N/C(N)=C(\C)Cl)Nc1ccc(N2CC=CCC2)cc1. The van der Waals surface area contributed by atoms with Crippen LogP contribution in [0.4, 0.5) is 11.4 Å². The molecule has 0 saturated heterocycles. The largest absolute Gasteiger partial charge is 0.383 e. The van der Waals surface area contributed by atoms with Gasteiger partial charge in [0.2, 0.25) is 5.96 Å². The molecule has 0 aliphatic carbocycles. The van der Waals surface area contributed by atoms with Crippen molar-refractivity contribution in [2.45, 2.75) is 13.3 Å². The van der Waals surface area contributed by atoms with Crippen LogP contribution in [0.1, 0.15) is 13.3 Å². The third kappa shape index (κ3) is 4.36. The number of nitrogens with one attached hydrogen (secondary N) is 1. The van der Waals surface area contributed by atoms with Crippen LogP contribution in [0.3, 0.4) is 0 Å². The Kier molecular flexibility index (Phi) is 5.61. The van der Waals surface area contributed by atoms with E-state index in [-0.39, 0.29) is 5.82 Å². The number of aliphatic imine (C=N–C) groups is 2. The summed E-state index contributed by atoms with van der Waals surface area (Å²) in [5.41, 5.74) is 7.74. The van der Waals surface area contributed by atoms with Crippen LogP contribution < -0.4 is 16.0 Å². The molecule has 2 rings (SSSR count). The van der Waals surface area contributed by atoms with Gasteiger partial charge in [-0.3, -0.25) is 0 Å². The molecule has 1 aliphatic heterocycles. The number of hydrogen-bond donors (Lipinski definition) is 2. The molecule has 0 aromatic heterocycles. The molecule has 1 aromatic carbocycles. The van der Waals surface area contributed by atoms with Gasteiger partial charge in [0.25, 0.3) is 0 Å². The first kappa shape index (κ1) is 16.1. The van der Waals surface area contributed by atoms with Crippen molar-refractivity contribution < 1.29 is 0 Å². The van der Waals surface area contributed by atoms with Gasteiger partial charge < -0.3 is 16.0 Å². The van der Waals surface area contributed by atoms with Crippen molar-refractivity contribution >= 4 is 35.7 Å². The molecule has 0 bridgehead atoms. The summed E-state index contributed by atoms with van der Waals surface area (Å²) in [6, 6.07) is 8.08. The van der Waals surface area contributed by atoms with Crippen molar-refractivity contribution in [3.63, 3.8) is 0 Å². The summed E-state index contributed by atoms with van der Waals surface area (Å²) < 4.78 is 0. The van der Waals surface area contributed by atoms with Gasteiger partial charge in [-0.15, -0.1) is 0 Å². The summed E-state index contributed by atoms with van der Waals surface area (Å²) in [5.74, 6) is 0.527. The minimum atomic E-state index is 0.216. The number of nitrogens with zero attached hydrogens (tertiary/aromatic N) is 3. The first-order valence-electron chi connectivity index (χ1n) is 7.04. The van der Waals surface area contributed by atoms with Crippen LogP contribution >= 0.6 is 11.6 Å². The summed E-state index contributed by atoms with van der Waals surface area (Å²) in [6.07, 6.45) is 5.48. The highest BCUT2D eigenvalue weighted by molar-refractivity contribution is 6.29. The van der Waals surface area contributed by atoms with Gasteiger partial charge in [-0.25, -0.2) is 4.99 Å². The molecule has 6 heteroatoms. The number of benzene rings is 1. The molecule has 1 heterocycles. The van der Waals surface area contributed by atoms with Gasteiger partial charge in [-0.05, 0) is 44.3 Å². The fourth-order valence-electron chi connectivity index (χ4n) is 2.05. The lowest BCUT2D eigenvalue weighted by molar-refractivity contribution is 0.821. The van der Waals surface area contributed by atoms with Gasteiger partial charge in [0.15, 0.2) is 0 Å². The second kappa shape index (κ2) is 7.66. The first-order chi connectivity index (χ1) is 10.6. The molecule has 0 radical (unpaired) electrons. The molecule has 0 fully saturated rings. The number of halogens is 1. The van der Waals surface area contributed by atoms with E-state index in [0.717, 1.165) is 25.2 Å². The van der Waals surface area contributed by atoms with E-state index >= 15 is 0 Å². The Bertz CT molecular complexity index is 612. The Hall–Kier alpha value is -2.27. The van der Waals surface area contributed by atoms with Crippen molar-refractivity contribution in [1.29, 1.82) is 0 Å². The Morgan fingerprint density at radius 1 is 1.32 bits per heavy atom. The summed E-state index contributed by atoms with van der Waals surface area (Å²) in [6.45, 7) is 7.14. The lowest BCUT2D eigenvalue weighted by Gasteiger charge is -2.25. The molecule has 0 amide bonds. The number of hydrogen-bond acceptors (Lipinski definition) is 3. The maximum atomic E-state index is 5.79. The summed E-state index contributed by atoms with van der Waals surface area (Å²) in [5, 5.41) is 3.47. The van der Waals surface area contributed by atoms with E-state index in [1.165, 1.54) is 5.69 Å². The lowest BCUT2D eigenvalue weighted by atomic mass is 10.2. The van der Waals surface area contributed by atoms with Crippen LogP contribution in [-0.4, -0.2) is 25.8 Å². The predicted molar refractivity (Wildman–Crippen MR) is 95.8 cm³/mol. The zero-order chi connectivity index (χ0) is 15.9. The third-order valence-electron chi connectivity index (χ3n) is 3.28. The van der Waals surface area contributed by atoms with E-state index in [0.29, 0.717) is 11.0 Å². The van der Waals surface area contributed by atoms with E-state index in [9.17, 15) is 0 Å². The predicted octanol–water partition coefficient (Wildman–Crippen LogP) is 3.31. The molecule has 1 aromatic rings. The summed E-state index contributed by atoms with van der Waals surface area (Å²) >= 11 is 5.79. The minimum absolute atomic E-state index is 0.216. The maximum Gasteiger partial charge on any atom is 0.228 e. The average Bonchev–Trinajstić information content (AvgIpc) is 2.55. The normalized spacial score (nSPS) is 16.3. The fourth-order valence-corrected chi connectivity index (χ4v) is 2.10. The monoisotopic (exact) mass is 317 g/mol. The van der Waals surface area contributed by atoms with Gasteiger partial charge in [0.05, 0.1) is 5.03 Å². The molecule has 0 spiro atoms. The van der Waals surface area contributed by atoms with Crippen molar-refractivity contribution in [3.05, 3.63) is 47.3 Å². The first-order valence-corrected chi connectivity index (χ1v) is 7.42. The smallest absolute Gasteiger partial charge is 0.228 e. The molecule has 0 atom stereocenters. The Balaban J connectivity index is 2.08. The molecule has 22 heavy (non-hydrogen) atoms. The van der Waals surface area contributed by atoms with Crippen molar-refractivity contribution in [3.8, 4) is 0 Å². The topological polar surface area (TPSA) is 66.0 Å². The van der Waals surface area contributed by atoms with E-state index in [2.05, 4.69) is 51.2 Å². The average molecular weight is 318 g/mol. The number of guanidine groups is 1. The van der Waals surface area contributed by atoms with Gasteiger partial charge in [0.1, 0.15) is 5.82 Å². The summed E-state index contributed by atoms with van der Waals surface area (Å²) in [7, 11) is 0. The second-order valence-corrected chi connectivity index (χ2v) is 5.46. The van der Waals surface area contributed by atoms with E-state index in [1.807, 2.05) is 12.1 Å². The van der Waals surface area contributed by atoms with E-state index in [1.54, 1.807) is 6.92 Å².